The van der Waals surface area contributed by atoms with Gasteiger partial charge in [0.25, 0.3) is 0 Å². The summed E-state index contributed by atoms with van der Waals surface area (Å²) in [6.45, 7) is 8.68. The minimum atomic E-state index is -0.737. The van der Waals surface area contributed by atoms with Gasteiger partial charge in [-0.15, -0.1) is 0 Å². The van der Waals surface area contributed by atoms with E-state index in [9.17, 15) is 9.18 Å². The summed E-state index contributed by atoms with van der Waals surface area (Å²) < 4.78 is 13.1. The Kier molecular flexibility index (Phi) is 6.54. The van der Waals surface area contributed by atoms with Crippen LogP contribution in [0.15, 0.2) is 24.3 Å². The molecule has 0 unspecified atom stereocenters. The molecule has 2 rings (SSSR count). The van der Waals surface area contributed by atoms with E-state index >= 15 is 0 Å². The van der Waals surface area contributed by atoms with E-state index in [0.29, 0.717) is 18.5 Å². The highest BCUT2D eigenvalue weighted by atomic mass is 19.1. The van der Waals surface area contributed by atoms with Gasteiger partial charge >= 0.3 is 5.97 Å². The molecule has 0 radical (unpaired) electrons. The molecule has 23 heavy (non-hydrogen) atoms. The van der Waals surface area contributed by atoms with Crippen molar-refractivity contribution in [1.29, 1.82) is 0 Å². The molecule has 1 heterocycles. The molecule has 1 aromatic carbocycles. The molecule has 1 aromatic rings. The van der Waals surface area contributed by atoms with Gasteiger partial charge in [-0.2, -0.15) is 0 Å². The Bertz CT molecular complexity index is 504. The molecule has 5 heteroatoms. The maximum atomic E-state index is 13.1. The van der Waals surface area contributed by atoms with Crippen molar-refractivity contribution in [2.45, 2.75) is 39.3 Å². The van der Waals surface area contributed by atoms with Crippen LogP contribution in [0.3, 0.4) is 0 Å². The van der Waals surface area contributed by atoms with Gasteiger partial charge in [0.2, 0.25) is 0 Å². The van der Waals surface area contributed by atoms with Crippen LogP contribution in [0.1, 0.15) is 32.3 Å². The Hall–Kier alpha value is -1.46. The van der Waals surface area contributed by atoms with Crippen molar-refractivity contribution >= 4 is 5.97 Å². The van der Waals surface area contributed by atoms with E-state index in [2.05, 4.69) is 23.6 Å². The molecule has 0 saturated carbocycles. The zero-order valence-corrected chi connectivity index (χ0v) is 14.0. The van der Waals surface area contributed by atoms with Crippen molar-refractivity contribution in [3.8, 4) is 0 Å². The number of rotatable bonds is 6. The fraction of sp³-hybridized carbons (Fsp3) is 0.611. The maximum absolute atomic E-state index is 13.1. The Morgan fingerprint density at radius 1 is 1.30 bits per heavy atom. The molecule has 0 spiro atoms. The van der Waals surface area contributed by atoms with Crippen molar-refractivity contribution in [2.75, 3.05) is 26.2 Å². The fourth-order valence-electron chi connectivity index (χ4n) is 3.24. The lowest BCUT2D eigenvalue weighted by Gasteiger charge is -2.34. The molecule has 0 aromatic heterocycles. The topological polar surface area (TPSA) is 43.8 Å². The molecule has 1 aliphatic heterocycles. The van der Waals surface area contributed by atoms with Crippen molar-refractivity contribution in [2.24, 2.45) is 5.92 Å². The normalized spacial score (nSPS) is 20.6. The number of carboxylic acids is 1. The third-order valence-electron chi connectivity index (χ3n) is 4.54. The first kappa shape index (κ1) is 17.9. The van der Waals surface area contributed by atoms with Crippen LogP contribution < -0.4 is 0 Å². The quantitative estimate of drug-likeness (QED) is 0.875. The lowest BCUT2D eigenvalue weighted by Crippen LogP contribution is -2.44. The monoisotopic (exact) mass is 322 g/mol. The van der Waals surface area contributed by atoms with Crippen molar-refractivity contribution in [3.05, 3.63) is 35.6 Å². The predicted octanol–water partition coefficient (Wildman–Crippen LogP) is 2.83. The van der Waals surface area contributed by atoms with E-state index in [4.69, 9.17) is 5.11 Å². The van der Waals surface area contributed by atoms with Gasteiger partial charge in [0, 0.05) is 32.2 Å². The average molecular weight is 322 g/mol. The molecular formula is C18H27FN2O2. The summed E-state index contributed by atoms with van der Waals surface area (Å²) in [4.78, 5) is 15.5. The second-order valence-corrected chi connectivity index (χ2v) is 6.71. The molecule has 1 saturated heterocycles. The highest BCUT2D eigenvalue weighted by Gasteiger charge is 2.27. The number of halogens is 1. The molecule has 0 bridgehead atoms. The molecule has 1 fully saturated rings. The van der Waals surface area contributed by atoms with E-state index in [1.807, 2.05) is 12.1 Å². The van der Waals surface area contributed by atoms with Gasteiger partial charge in [0.15, 0.2) is 0 Å². The highest BCUT2D eigenvalue weighted by Crippen LogP contribution is 2.20. The van der Waals surface area contributed by atoms with Crippen LogP contribution >= 0.6 is 0 Å². The number of carbonyl (C=O) groups is 1. The largest absolute Gasteiger partial charge is 0.481 e. The van der Waals surface area contributed by atoms with Crippen molar-refractivity contribution in [3.63, 3.8) is 0 Å². The van der Waals surface area contributed by atoms with Gasteiger partial charge in [-0.05, 0) is 36.6 Å². The molecule has 128 valence electrons. The Labute approximate surface area is 137 Å². The van der Waals surface area contributed by atoms with Crippen LogP contribution in [0.4, 0.5) is 4.39 Å². The van der Waals surface area contributed by atoms with Gasteiger partial charge in [-0.3, -0.25) is 9.69 Å². The smallest absolute Gasteiger partial charge is 0.304 e. The first-order valence-corrected chi connectivity index (χ1v) is 8.38. The minimum absolute atomic E-state index is 0.197. The number of hydrogen-bond acceptors (Lipinski definition) is 3. The lowest BCUT2D eigenvalue weighted by molar-refractivity contribution is -0.137. The molecule has 1 aliphatic rings. The van der Waals surface area contributed by atoms with Gasteiger partial charge in [0.05, 0.1) is 6.42 Å². The van der Waals surface area contributed by atoms with Crippen LogP contribution in [0.5, 0.6) is 0 Å². The summed E-state index contributed by atoms with van der Waals surface area (Å²) in [5, 5.41) is 8.89. The Balaban J connectivity index is 2.03. The zero-order chi connectivity index (χ0) is 16.8. The molecule has 1 atom stereocenters. The van der Waals surface area contributed by atoms with E-state index in [1.54, 1.807) is 0 Å². The van der Waals surface area contributed by atoms with Crippen LogP contribution in [-0.4, -0.2) is 53.1 Å². The average Bonchev–Trinajstić information content (AvgIpc) is 2.70. The molecule has 0 aliphatic carbocycles. The summed E-state index contributed by atoms with van der Waals surface area (Å²) in [5.41, 5.74) is 1.12. The Morgan fingerprint density at radius 3 is 2.61 bits per heavy atom. The third-order valence-corrected chi connectivity index (χ3v) is 4.54. The summed E-state index contributed by atoms with van der Waals surface area (Å²) >= 11 is 0. The number of aliphatic carboxylic acids is 1. The summed E-state index contributed by atoms with van der Waals surface area (Å²) in [7, 11) is 0. The van der Waals surface area contributed by atoms with Gasteiger partial charge < -0.3 is 10.0 Å². The minimum Gasteiger partial charge on any atom is -0.481 e. The summed E-state index contributed by atoms with van der Waals surface area (Å²) in [6, 6.07) is 7.10. The van der Waals surface area contributed by atoms with Crippen molar-refractivity contribution in [1.82, 2.24) is 9.80 Å². The number of benzene rings is 1. The van der Waals surface area contributed by atoms with Gasteiger partial charge in [-0.1, -0.05) is 26.0 Å². The van der Waals surface area contributed by atoms with Crippen LogP contribution in [0.2, 0.25) is 0 Å². The standard InChI is InChI=1S/C18H27FN2O2/c1-14(2)17-13-20(11-8-18(22)23)9-3-10-21(17)12-15-4-6-16(19)7-5-15/h4-7,14,17H,3,8-13H2,1-2H3,(H,22,23)/t17-/m0/s1. The molecule has 0 amide bonds. The van der Waals surface area contributed by atoms with Crippen LogP contribution in [0, 0.1) is 11.7 Å². The third kappa shape index (κ3) is 5.59. The first-order chi connectivity index (χ1) is 11.0. The second kappa shape index (κ2) is 8.41. The molecule has 1 N–H and O–H groups in total. The van der Waals surface area contributed by atoms with Crippen LogP contribution in [0.25, 0.3) is 0 Å². The van der Waals surface area contributed by atoms with Crippen molar-refractivity contribution < 1.29 is 14.3 Å². The molecule has 4 nitrogen and oxygen atoms in total. The molecular weight excluding hydrogens is 295 g/mol. The van der Waals surface area contributed by atoms with E-state index < -0.39 is 5.97 Å². The van der Waals surface area contributed by atoms with E-state index in [1.165, 1.54) is 12.1 Å². The van der Waals surface area contributed by atoms with Crippen LogP contribution in [-0.2, 0) is 11.3 Å². The van der Waals surface area contributed by atoms with Gasteiger partial charge in [0.1, 0.15) is 5.82 Å². The highest BCUT2D eigenvalue weighted by molar-refractivity contribution is 5.66. The first-order valence-electron chi connectivity index (χ1n) is 8.38. The maximum Gasteiger partial charge on any atom is 0.304 e. The van der Waals surface area contributed by atoms with E-state index in [-0.39, 0.29) is 12.2 Å². The number of nitrogens with zero attached hydrogens (tertiary/aromatic N) is 2. The predicted molar refractivity (Wildman–Crippen MR) is 88.7 cm³/mol. The number of hydrogen-bond donors (Lipinski definition) is 1. The van der Waals surface area contributed by atoms with E-state index in [0.717, 1.165) is 38.2 Å². The Morgan fingerprint density at radius 2 is 2.00 bits per heavy atom. The summed E-state index contributed by atoms with van der Waals surface area (Å²) in [5.74, 6) is -0.454. The lowest BCUT2D eigenvalue weighted by atomic mass is 10.0. The second-order valence-electron chi connectivity index (χ2n) is 6.71. The number of carboxylic acid groups (broad SMARTS) is 1. The van der Waals surface area contributed by atoms with Gasteiger partial charge in [-0.25, -0.2) is 4.39 Å². The zero-order valence-electron chi connectivity index (χ0n) is 14.0. The fourth-order valence-corrected chi connectivity index (χ4v) is 3.24. The SMILES string of the molecule is CC(C)[C@@H]1CN(CCC(=O)O)CCCN1Cc1ccc(F)cc1. The summed E-state index contributed by atoms with van der Waals surface area (Å²) in [6.07, 6.45) is 1.23.